The first kappa shape index (κ1) is 9.00. The Labute approximate surface area is 78.7 Å². The van der Waals surface area contributed by atoms with Gasteiger partial charge in [0.2, 0.25) is 0 Å². The normalized spacial score (nSPS) is 27.8. The number of nitrogens with zero attached hydrogens (tertiary/aromatic N) is 1. The van der Waals surface area contributed by atoms with Gasteiger partial charge in [0, 0.05) is 13.1 Å². The third-order valence-electron chi connectivity index (χ3n) is 3.72. The van der Waals surface area contributed by atoms with Crippen molar-refractivity contribution in [1.82, 2.24) is 4.90 Å². The summed E-state index contributed by atoms with van der Waals surface area (Å²) in [7, 11) is 0. The smallest absolute Gasteiger partial charge is 0.324 e. The molecule has 0 unspecified atom stereocenters. The van der Waals surface area contributed by atoms with Gasteiger partial charge < -0.3 is 5.11 Å². The lowest BCUT2D eigenvalue weighted by Crippen LogP contribution is -2.66. The highest BCUT2D eigenvalue weighted by Gasteiger charge is 2.52. The lowest BCUT2D eigenvalue weighted by molar-refractivity contribution is -0.166. The highest BCUT2D eigenvalue weighted by molar-refractivity contribution is 5.80. The summed E-state index contributed by atoms with van der Waals surface area (Å²) >= 11 is 0. The molecule has 0 bridgehead atoms. The number of hydrogen-bond acceptors (Lipinski definition) is 2. The average Bonchev–Trinajstić information content (AvgIpc) is 1.90. The maximum absolute atomic E-state index is 11.1. The molecule has 3 heteroatoms. The number of carboxylic acids is 1. The fraction of sp³-hybridized carbons (Fsp3) is 0.900. The lowest BCUT2D eigenvalue weighted by atomic mass is 9.72. The van der Waals surface area contributed by atoms with Gasteiger partial charge in [0.05, 0.1) is 0 Å². The highest BCUT2D eigenvalue weighted by atomic mass is 16.4. The minimum atomic E-state index is -0.603. The predicted molar refractivity (Wildman–Crippen MR) is 49.6 cm³/mol. The maximum atomic E-state index is 11.1. The molecule has 13 heavy (non-hydrogen) atoms. The summed E-state index contributed by atoms with van der Waals surface area (Å²) in [6.45, 7) is 4.18. The van der Waals surface area contributed by atoms with E-state index in [0.29, 0.717) is 0 Å². The Hall–Kier alpha value is -0.570. The predicted octanol–water partition coefficient (Wildman–Crippen LogP) is 1.34. The van der Waals surface area contributed by atoms with Crippen molar-refractivity contribution in [3.05, 3.63) is 0 Å². The van der Waals surface area contributed by atoms with Crippen molar-refractivity contribution in [1.29, 1.82) is 0 Å². The third-order valence-corrected chi connectivity index (χ3v) is 3.72. The Morgan fingerprint density at radius 1 is 1.54 bits per heavy atom. The van der Waals surface area contributed by atoms with Gasteiger partial charge in [-0.25, -0.2) is 0 Å². The van der Waals surface area contributed by atoms with Crippen molar-refractivity contribution in [3.8, 4) is 0 Å². The van der Waals surface area contributed by atoms with E-state index in [-0.39, 0.29) is 0 Å². The molecule has 1 saturated carbocycles. The molecule has 0 amide bonds. The molecule has 1 saturated heterocycles. The molecule has 1 aliphatic heterocycles. The van der Waals surface area contributed by atoms with Crippen LogP contribution < -0.4 is 0 Å². The molecule has 74 valence electrons. The molecule has 2 fully saturated rings. The highest BCUT2D eigenvalue weighted by Crippen LogP contribution is 2.42. The monoisotopic (exact) mass is 183 g/mol. The van der Waals surface area contributed by atoms with Crippen LogP contribution in [0.15, 0.2) is 0 Å². The maximum Gasteiger partial charge on any atom is 0.324 e. The summed E-state index contributed by atoms with van der Waals surface area (Å²) < 4.78 is 0. The zero-order valence-electron chi connectivity index (χ0n) is 8.12. The zero-order chi connectivity index (χ0) is 9.47. The summed E-state index contributed by atoms with van der Waals surface area (Å²) in [4.78, 5) is 13.3. The van der Waals surface area contributed by atoms with E-state index in [9.17, 15) is 4.79 Å². The van der Waals surface area contributed by atoms with Crippen molar-refractivity contribution < 1.29 is 9.90 Å². The van der Waals surface area contributed by atoms with Crippen molar-refractivity contribution in [2.24, 2.45) is 5.92 Å². The molecule has 2 aliphatic rings. The summed E-state index contributed by atoms with van der Waals surface area (Å²) in [5.74, 6) is 0.144. The van der Waals surface area contributed by atoms with Gasteiger partial charge >= 0.3 is 5.97 Å². The fourth-order valence-corrected chi connectivity index (χ4v) is 2.35. The van der Waals surface area contributed by atoms with Gasteiger partial charge in [-0.2, -0.15) is 0 Å². The Morgan fingerprint density at radius 3 is 2.46 bits per heavy atom. The minimum Gasteiger partial charge on any atom is -0.480 e. The van der Waals surface area contributed by atoms with Gasteiger partial charge in [-0.05, 0) is 25.2 Å². The van der Waals surface area contributed by atoms with Crippen molar-refractivity contribution in [3.63, 3.8) is 0 Å². The van der Waals surface area contributed by atoms with Gasteiger partial charge in [-0.15, -0.1) is 0 Å². The zero-order valence-corrected chi connectivity index (χ0v) is 8.12. The Morgan fingerprint density at radius 2 is 2.15 bits per heavy atom. The van der Waals surface area contributed by atoms with Crippen LogP contribution in [0, 0.1) is 5.92 Å². The van der Waals surface area contributed by atoms with Crippen LogP contribution in [-0.2, 0) is 4.79 Å². The molecule has 0 aromatic rings. The first-order chi connectivity index (χ1) is 6.19. The topological polar surface area (TPSA) is 40.5 Å². The van der Waals surface area contributed by atoms with Crippen molar-refractivity contribution in [2.75, 3.05) is 13.1 Å². The van der Waals surface area contributed by atoms with Gasteiger partial charge in [-0.1, -0.05) is 13.3 Å². The number of hydrogen-bond donors (Lipinski definition) is 1. The minimum absolute atomic E-state index is 0.453. The summed E-state index contributed by atoms with van der Waals surface area (Å²) in [6.07, 6.45) is 3.99. The van der Waals surface area contributed by atoms with Crippen LogP contribution in [0.1, 0.15) is 32.6 Å². The lowest BCUT2D eigenvalue weighted by Gasteiger charge is -2.54. The molecule has 1 aliphatic carbocycles. The van der Waals surface area contributed by atoms with Gasteiger partial charge in [0.25, 0.3) is 0 Å². The second kappa shape index (κ2) is 2.98. The molecule has 3 nitrogen and oxygen atoms in total. The van der Waals surface area contributed by atoms with Gasteiger partial charge in [0.15, 0.2) is 0 Å². The van der Waals surface area contributed by atoms with E-state index in [0.717, 1.165) is 38.3 Å². The summed E-state index contributed by atoms with van der Waals surface area (Å²) in [5, 5.41) is 9.14. The molecule has 2 rings (SSSR count). The van der Waals surface area contributed by atoms with Gasteiger partial charge in [0.1, 0.15) is 5.54 Å². The fourth-order valence-electron chi connectivity index (χ4n) is 2.35. The molecule has 1 N–H and O–H groups in total. The van der Waals surface area contributed by atoms with E-state index in [4.69, 9.17) is 5.11 Å². The average molecular weight is 183 g/mol. The second-order valence-corrected chi connectivity index (χ2v) is 4.37. The molecule has 0 spiro atoms. The third kappa shape index (κ3) is 1.17. The molecule has 0 atom stereocenters. The van der Waals surface area contributed by atoms with Crippen LogP contribution in [0.3, 0.4) is 0 Å². The van der Waals surface area contributed by atoms with Crippen molar-refractivity contribution in [2.45, 2.75) is 38.1 Å². The molecular weight excluding hydrogens is 166 g/mol. The van der Waals surface area contributed by atoms with E-state index >= 15 is 0 Å². The van der Waals surface area contributed by atoms with E-state index in [1.165, 1.54) is 6.42 Å². The Kier molecular flexibility index (Phi) is 2.06. The van der Waals surface area contributed by atoms with Crippen LogP contribution in [0.4, 0.5) is 0 Å². The van der Waals surface area contributed by atoms with Crippen molar-refractivity contribution >= 4 is 5.97 Å². The van der Waals surface area contributed by atoms with E-state index in [1.807, 2.05) is 0 Å². The summed E-state index contributed by atoms with van der Waals surface area (Å²) in [5.41, 5.74) is -0.453. The standard InChI is InChI=1S/C10H17NO2/c1-2-8-6-11(7-8)10(9(12)13)4-3-5-10/h8H,2-7H2,1H3,(H,12,13). The second-order valence-electron chi connectivity index (χ2n) is 4.37. The van der Waals surface area contributed by atoms with Crippen LogP contribution in [0.25, 0.3) is 0 Å². The van der Waals surface area contributed by atoms with Crippen LogP contribution in [0.2, 0.25) is 0 Å². The van der Waals surface area contributed by atoms with Gasteiger partial charge in [-0.3, -0.25) is 9.69 Å². The summed E-state index contributed by atoms with van der Waals surface area (Å²) in [6, 6.07) is 0. The number of carbonyl (C=O) groups is 1. The SMILES string of the molecule is CCC1CN(C2(C(=O)O)CCC2)C1. The largest absolute Gasteiger partial charge is 0.480 e. The molecular formula is C10H17NO2. The molecule has 0 radical (unpaired) electrons. The van der Waals surface area contributed by atoms with Crippen LogP contribution in [-0.4, -0.2) is 34.6 Å². The van der Waals surface area contributed by atoms with Crippen LogP contribution in [0.5, 0.6) is 0 Å². The molecule has 1 heterocycles. The quantitative estimate of drug-likeness (QED) is 0.717. The number of aliphatic carboxylic acids is 1. The Balaban J connectivity index is 1.96. The molecule has 0 aromatic carbocycles. The number of carboxylic acid groups (broad SMARTS) is 1. The number of likely N-dealkylation sites (tertiary alicyclic amines) is 1. The van der Waals surface area contributed by atoms with Crippen LogP contribution >= 0.6 is 0 Å². The van der Waals surface area contributed by atoms with E-state index < -0.39 is 11.5 Å². The number of rotatable bonds is 3. The Bertz CT molecular complexity index is 217. The first-order valence-electron chi connectivity index (χ1n) is 5.17. The van der Waals surface area contributed by atoms with E-state index in [2.05, 4.69) is 11.8 Å². The van der Waals surface area contributed by atoms with E-state index in [1.54, 1.807) is 0 Å². The molecule has 0 aromatic heterocycles. The first-order valence-corrected chi connectivity index (χ1v) is 5.17.